The molecule has 0 spiro atoms. The lowest BCUT2D eigenvalue weighted by molar-refractivity contribution is 0.653. The largest absolute Gasteiger partial charge is 0.377 e. The van der Waals surface area contributed by atoms with Crippen LogP contribution in [0, 0.1) is 0 Å². The van der Waals surface area contributed by atoms with Gasteiger partial charge in [0.2, 0.25) is 0 Å². The summed E-state index contributed by atoms with van der Waals surface area (Å²) in [7, 11) is 0. The smallest absolute Gasteiger partial charge is 0.287 e. The Kier molecular flexibility index (Phi) is 4.98. The summed E-state index contributed by atoms with van der Waals surface area (Å²) in [5, 5.41) is 7.37. The fraction of sp³-hybridized carbons (Fsp3) is 0.286. The summed E-state index contributed by atoms with van der Waals surface area (Å²) >= 11 is 7.82. The number of nitrogens with zero attached hydrogens (tertiary/aromatic N) is 2. The van der Waals surface area contributed by atoms with Crippen molar-refractivity contribution < 1.29 is 0 Å². The molecule has 0 saturated heterocycles. The van der Waals surface area contributed by atoms with E-state index in [1.54, 1.807) is 23.6 Å². The highest BCUT2D eigenvalue weighted by Gasteiger charge is 2.08. The second-order valence-corrected chi connectivity index (χ2v) is 5.85. The first-order chi connectivity index (χ1) is 9.65. The van der Waals surface area contributed by atoms with Crippen LogP contribution in [-0.2, 0) is 19.5 Å². The average Bonchev–Trinajstić information content (AvgIpc) is 2.91. The van der Waals surface area contributed by atoms with Gasteiger partial charge in [-0.2, -0.15) is 5.10 Å². The molecule has 20 heavy (non-hydrogen) atoms. The van der Waals surface area contributed by atoms with Gasteiger partial charge in [-0.1, -0.05) is 24.6 Å². The van der Waals surface area contributed by atoms with Crippen molar-refractivity contribution in [3.63, 3.8) is 0 Å². The number of thiophene rings is 1. The number of aromatic nitrogens is 2. The Morgan fingerprint density at radius 2 is 2.25 bits per heavy atom. The van der Waals surface area contributed by atoms with Gasteiger partial charge in [-0.25, -0.2) is 4.68 Å². The number of halogens is 1. The lowest BCUT2D eigenvalue weighted by atomic mass is 10.3. The summed E-state index contributed by atoms with van der Waals surface area (Å²) in [6, 6.07) is 4.19. The summed E-state index contributed by atoms with van der Waals surface area (Å²) in [4.78, 5) is 14.5. The maximum Gasteiger partial charge on any atom is 0.287 e. The van der Waals surface area contributed by atoms with Gasteiger partial charge in [0, 0.05) is 16.3 Å². The van der Waals surface area contributed by atoms with Crippen molar-refractivity contribution in [2.24, 2.45) is 0 Å². The molecule has 0 aromatic carbocycles. The molecule has 4 nitrogen and oxygen atoms in total. The third-order valence-corrected chi connectivity index (χ3v) is 4.40. The van der Waals surface area contributed by atoms with Gasteiger partial charge in [-0.3, -0.25) is 4.79 Å². The molecule has 2 aromatic heterocycles. The second-order valence-electron chi connectivity index (χ2n) is 4.22. The zero-order chi connectivity index (χ0) is 14.5. The summed E-state index contributed by atoms with van der Waals surface area (Å²) in [6.07, 6.45) is 4.21. The van der Waals surface area contributed by atoms with Gasteiger partial charge in [-0.05, 0) is 18.6 Å². The van der Waals surface area contributed by atoms with E-state index in [2.05, 4.69) is 36.1 Å². The van der Waals surface area contributed by atoms with Crippen LogP contribution in [0.25, 0.3) is 0 Å². The Morgan fingerprint density at radius 1 is 1.50 bits per heavy atom. The maximum atomic E-state index is 11.9. The Balaban J connectivity index is 2.11. The normalized spacial score (nSPS) is 10.5. The van der Waals surface area contributed by atoms with Crippen LogP contribution < -0.4 is 10.9 Å². The molecule has 2 aromatic rings. The highest BCUT2D eigenvalue weighted by atomic mass is 35.5. The molecular weight excluding hydrogens is 294 g/mol. The first-order valence-electron chi connectivity index (χ1n) is 6.33. The van der Waals surface area contributed by atoms with E-state index < -0.39 is 0 Å². The Hall–Kier alpha value is -1.59. The summed E-state index contributed by atoms with van der Waals surface area (Å²) in [5.74, 6) is 0. The molecule has 2 heterocycles. The van der Waals surface area contributed by atoms with Crippen molar-refractivity contribution in [3.8, 4) is 0 Å². The number of hydrogen-bond donors (Lipinski definition) is 1. The number of nitrogens with one attached hydrogen (secondary N) is 1. The van der Waals surface area contributed by atoms with Crippen molar-refractivity contribution in [1.29, 1.82) is 0 Å². The zero-order valence-corrected chi connectivity index (χ0v) is 12.8. The minimum atomic E-state index is -0.308. The molecule has 0 saturated carbocycles. The number of aryl methyl sites for hydroxylation is 1. The van der Waals surface area contributed by atoms with Gasteiger partial charge in [-0.15, -0.1) is 17.9 Å². The van der Waals surface area contributed by atoms with Crippen molar-refractivity contribution in [3.05, 3.63) is 56.1 Å². The fourth-order valence-electron chi connectivity index (χ4n) is 1.73. The van der Waals surface area contributed by atoms with Crippen LogP contribution in [0.2, 0.25) is 5.02 Å². The molecule has 6 heteroatoms. The van der Waals surface area contributed by atoms with E-state index in [1.165, 1.54) is 14.4 Å². The molecule has 0 aliphatic carbocycles. The van der Waals surface area contributed by atoms with Crippen LogP contribution in [-0.4, -0.2) is 9.78 Å². The standard InChI is InChI=1S/C14H16ClN3OS/c1-3-7-18-14(19)13(15)12(9-17-18)16-8-11-6-5-10(4-2)20-11/h3,5-6,9,16H,1,4,7-8H2,2H3. The molecule has 0 aliphatic rings. The van der Waals surface area contributed by atoms with Gasteiger partial charge in [0.25, 0.3) is 5.56 Å². The van der Waals surface area contributed by atoms with Crippen LogP contribution >= 0.6 is 22.9 Å². The maximum absolute atomic E-state index is 11.9. The third-order valence-electron chi connectivity index (χ3n) is 2.81. The second kappa shape index (κ2) is 6.72. The topological polar surface area (TPSA) is 46.9 Å². The molecule has 0 unspecified atom stereocenters. The number of anilines is 1. The predicted molar refractivity (Wildman–Crippen MR) is 84.7 cm³/mol. The first-order valence-corrected chi connectivity index (χ1v) is 7.53. The monoisotopic (exact) mass is 309 g/mol. The van der Waals surface area contributed by atoms with Gasteiger partial charge >= 0.3 is 0 Å². The summed E-state index contributed by atoms with van der Waals surface area (Å²) in [6.45, 7) is 6.69. The van der Waals surface area contributed by atoms with Crippen LogP contribution in [0.5, 0.6) is 0 Å². The number of rotatable bonds is 6. The van der Waals surface area contributed by atoms with Crippen LogP contribution in [0.4, 0.5) is 5.69 Å². The van der Waals surface area contributed by atoms with Gasteiger partial charge in [0.15, 0.2) is 0 Å². The van der Waals surface area contributed by atoms with Gasteiger partial charge in [0.05, 0.1) is 18.4 Å². The predicted octanol–water partition coefficient (Wildman–Crippen LogP) is 3.32. The molecule has 2 rings (SSSR count). The molecule has 0 bridgehead atoms. The summed E-state index contributed by atoms with van der Waals surface area (Å²) < 4.78 is 1.28. The molecule has 1 N–H and O–H groups in total. The highest BCUT2D eigenvalue weighted by molar-refractivity contribution is 7.12. The van der Waals surface area contributed by atoms with Crippen molar-refractivity contribution >= 4 is 28.6 Å². The molecule has 0 radical (unpaired) electrons. The van der Waals surface area contributed by atoms with Crippen LogP contribution in [0.15, 0.2) is 35.8 Å². The van der Waals surface area contributed by atoms with Crippen molar-refractivity contribution in [2.45, 2.75) is 26.4 Å². The number of hydrogen-bond acceptors (Lipinski definition) is 4. The molecule has 0 amide bonds. The fourth-order valence-corrected chi connectivity index (χ4v) is 2.84. The molecule has 0 atom stereocenters. The first kappa shape index (κ1) is 14.8. The van der Waals surface area contributed by atoms with Crippen molar-refractivity contribution in [2.75, 3.05) is 5.32 Å². The SMILES string of the molecule is C=CCn1ncc(NCc2ccc(CC)s2)c(Cl)c1=O. The van der Waals surface area contributed by atoms with Crippen LogP contribution in [0.1, 0.15) is 16.7 Å². The van der Waals surface area contributed by atoms with E-state index in [0.29, 0.717) is 18.8 Å². The molecule has 0 fully saturated rings. The molecular formula is C14H16ClN3OS. The quantitative estimate of drug-likeness (QED) is 0.833. The van der Waals surface area contributed by atoms with E-state index in [9.17, 15) is 4.79 Å². The van der Waals surface area contributed by atoms with Crippen molar-refractivity contribution in [1.82, 2.24) is 9.78 Å². The van der Waals surface area contributed by atoms with Gasteiger partial charge < -0.3 is 5.32 Å². The Morgan fingerprint density at radius 3 is 2.90 bits per heavy atom. The van der Waals surface area contributed by atoms with E-state index >= 15 is 0 Å². The average molecular weight is 310 g/mol. The molecule has 106 valence electrons. The summed E-state index contributed by atoms with van der Waals surface area (Å²) in [5.41, 5.74) is 0.250. The van der Waals surface area contributed by atoms with E-state index in [0.717, 1.165) is 6.42 Å². The number of allylic oxidation sites excluding steroid dienone is 1. The van der Waals surface area contributed by atoms with E-state index in [4.69, 9.17) is 11.6 Å². The minimum absolute atomic E-state index is 0.161. The van der Waals surface area contributed by atoms with Crippen LogP contribution in [0.3, 0.4) is 0 Å². The molecule has 0 aliphatic heterocycles. The highest BCUT2D eigenvalue weighted by Crippen LogP contribution is 2.20. The zero-order valence-electron chi connectivity index (χ0n) is 11.2. The van der Waals surface area contributed by atoms with Gasteiger partial charge in [0.1, 0.15) is 5.02 Å². The lowest BCUT2D eigenvalue weighted by Gasteiger charge is -2.08. The van der Waals surface area contributed by atoms with E-state index in [1.807, 2.05) is 0 Å². The Bertz CT molecular complexity index is 663. The lowest BCUT2D eigenvalue weighted by Crippen LogP contribution is -2.23. The Labute approximate surface area is 126 Å². The third kappa shape index (κ3) is 3.29. The minimum Gasteiger partial charge on any atom is -0.377 e. The van der Waals surface area contributed by atoms with E-state index in [-0.39, 0.29) is 10.6 Å².